The van der Waals surface area contributed by atoms with Crippen molar-refractivity contribution in [3.8, 4) is 5.75 Å². The van der Waals surface area contributed by atoms with Crippen LogP contribution in [0.25, 0.3) is 0 Å². The lowest BCUT2D eigenvalue weighted by Crippen LogP contribution is -2.48. The second kappa shape index (κ2) is 12.5. The third-order valence-corrected chi connectivity index (χ3v) is 6.45. The van der Waals surface area contributed by atoms with Crippen molar-refractivity contribution in [2.24, 2.45) is 0 Å². The Morgan fingerprint density at radius 1 is 1.11 bits per heavy atom. The largest absolute Gasteiger partial charge is 0.481 e. The van der Waals surface area contributed by atoms with E-state index in [0.717, 1.165) is 10.6 Å². The molecule has 38 heavy (non-hydrogen) atoms. The highest BCUT2D eigenvalue weighted by Gasteiger charge is 2.30. The van der Waals surface area contributed by atoms with Gasteiger partial charge in [-0.25, -0.2) is 17.2 Å². The summed E-state index contributed by atoms with van der Waals surface area (Å²) >= 11 is 0. The number of hydrogen-bond acceptors (Lipinski definition) is 7. The van der Waals surface area contributed by atoms with Gasteiger partial charge < -0.3 is 19.7 Å². The Morgan fingerprint density at radius 2 is 1.71 bits per heavy atom. The van der Waals surface area contributed by atoms with E-state index in [1.54, 1.807) is 0 Å². The minimum absolute atomic E-state index is 0.0702. The van der Waals surface area contributed by atoms with Crippen LogP contribution in [0.4, 0.5) is 23.2 Å². The number of carbonyl (C=O) groups is 3. The van der Waals surface area contributed by atoms with Crippen molar-refractivity contribution in [3.63, 3.8) is 0 Å². The summed E-state index contributed by atoms with van der Waals surface area (Å²) in [5.41, 5.74) is -1.27. The van der Waals surface area contributed by atoms with Gasteiger partial charge in [0.25, 0.3) is 5.56 Å². The van der Waals surface area contributed by atoms with Crippen molar-refractivity contribution in [3.05, 3.63) is 58.0 Å². The number of nitrogens with one attached hydrogen (secondary N) is 2. The molecule has 1 amide bonds. The minimum Gasteiger partial charge on any atom is -0.481 e. The van der Waals surface area contributed by atoms with Crippen molar-refractivity contribution in [1.82, 2.24) is 9.88 Å². The zero-order valence-corrected chi connectivity index (χ0v) is 20.8. The molecule has 0 bridgehead atoms. The molecule has 0 saturated heterocycles. The van der Waals surface area contributed by atoms with Gasteiger partial charge in [-0.05, 0) is 25.5 Å². The lowest BCUT2D eigenvalue weighted by atomic mass is 10.1. The maximum Gasteiger partial charge on any atom is 0.305 e. The van der Waals surface area contributed by atoms with E-state index in [1.807, 2.05) is 0 Å². The highest BCUT2D eigenvalue weighted by Crippen LogP contribution is 2.26. The Balaban J connectivity index is 2.28. The number of Topliss-reactive ketones (excluding diaryl/α,β-unsaturated/α-hetero) is 1. The van der Waals surface area contributed by atoms with Crippen LogP contribution in [-0.4, -0.2) is 54.2 Å². The number of carboxylic acids is 1. The molecule has 0 spiro atoms. The summed E-state index contributed by atoms with van der Waals surface area (Å²) in [6.07, 6.45) is 0.0816. The van der Waals surface area contributed by atoms with Crippen molar-refractivity contribution >= 4 is 33.4 Å². The second-order valence-electron chi connectivity index (χ2n) is 7.78. The molecular formula is C22H23F4N3O8S. The molecule has 16 heteroatoms. The van der Waals surface area contributed by atoms with Crippen LogP contribution in [0, 0.1) is 23.3 Å². The Bertz CT molecular complexity index is 1370. The number of carboxylic acid groups (broad SMARTS) is 1. The van der Waals surface area contributed by atoms with Gasteiger partial charge in [0.1, 0.15) is 24.4 Å². The molecule has 0 aliphatic heterocycles. The Hall–Kier alpha value is -3.95. The lowest BCUT2D eigenvalue weighted by Gasteiger charge is -2.22. The summed E-state index contributed by atoms with van der Waals surface area (Å²) in [5.74, 6) is -13.2. The van der Waals surface area contributed by atoms with Crippen LogP contribution in [0.15, 0.2) is 29.2 Å². The standard InChI is InChI=1S/C22H23F4N3O8S/c1-3-15(29-7-5-6-13(22(29)34)28-38(35,36)4-2)21(33)27-14(9-17(31)32)16(30)10-37-20-18(25)11(23)8-12(24)19(20)26/h5-8,14-15,28H,3-4,9-10H2,1-2H3,(H,27,33)(H,31,32)/t14?,15-/m0/s1. The van der Waals surface area contributed by atoms with Crippen molar-refractivity contribution in [1.29, 1.82) is 0 Å². The van der Waals surface area contributed by atoms with Crippen LogP contribution in [0.2, 0.25) is 0 Å². The molecule has 1 heterocycles. The first-order valence-electron chi connectivity index (χ1n) is 10.9. The first kappa shape index (κ1) is 30.3. The van der Waals surface area contributed by atoms with Gasteiger partial charge >= 0.3 is 5.97 Å². The summed E-state index contributed by atoms with van der Waals surface area (Å²) in [6, 6.07) is -0.818. The summed E-state index contributed by atoms with van der Waals surface area (Å²) < 4.78 is 85.5. The molecule has 1 aromatic heterocycles. The van der Waals surface area contributed by atoms with Gasteiger partial charge in [0.2, 0.25) is 27.6 Å². The monoisotopic (exact) mass is 565 g/mol. The Labute approximate surface area is 213 Å². The molecule has 208 valence electrons. The number of halogens is 4. The highest BCUT2D eigenvalue weighted by atomic mass is 32.2. The first-order valence-corrected chi connectivity index (χ1v) is 12.6. The molecule has 1 unspecified atom stereocenters. The number of sulfonamides is 1. The van der Waals surface area contributed by atoms with Gasteiger partial charge in [-0.2, -0.15) is 8.78 Å². The van der Waals surface area contributed by atoms with Gasteiger partial charge in [-0.15, -0.1) is 0 Å². The number of aliphatic carboxylic acids is 1. The number of anilines is 1. The molecule has 2 rings (SSSR count). The summed E-state index contributed by atoms with van der Waals surface area (Å²) in [6.45, 7) is 1.53. The number of benzene rings is 1. The van der Waals surface area contributed by atoms with Crippen LogP contribution in [-0.2, 0) is 24.4 Å². The topological polar surface area (TPSA) is 161 Å². The molecule has 3 N–H and O–H groups in total. The van der Waals surface area contributed by atoms with E-state index >= 15 is 0 Å². The van der Waals surface area contributed by atoms with E-state index in [2.05, 4.69) is 14.8 Å². The van der Waals surface area contributed by atoms with Gasteiger partial charge in [-0.1, -0.05) is 6.92 Å². The van der Waals surface area contributed by atoms with E-state index in [9.17, 15) is 45.2 Å². The van der Waals surface area contributed by atoms with Gasteiger partial charge in [-0.3, -0.25) is 23.9 Å². The normalized spacial score (nSPS) is 12.9. The number of aromatic nitrogens is 1. The van der Waals surface area contributed by atoms with Crippen LogP contribution in [0.1, 0.15) is 32.7 Å². The third-order valence-electron chi connectivity index (χ3n) is 5.16. The maximum atomic E-state index is 13.8. The SMILES string of the molecule is CC[C@@H](C(=O)NC(CC(=O)O)C(=O)COc1c(F)c(F)cc(F)c1F)n1cccc(NS(=O)(=O)CC)c1=O. The fraction of sp³-hybridized carbons (Fsp3) is 0.364. The van der Waals surface area contributed by atoms with Crippen LogP contribution in [0.3, 0.4) is 0 Å². The number of pyridine rings is 1. The average molecular weight is 565 g/mol. The Kier molecular flexibility index (Phi) is 9.98. The molecular weight excluding hydrogens is 542 g/mol. The zero-order chi connectivity index (χ0) is 28.8. The van der Waals surface area contributed by atoms with Gasteiger partial charge in [0.05, 0.1) is 12.2 Å². The van der Waals surface area contributed by atoms with E-state index < -0.39 is 87.4 Å². The maximum absolute atomic E-state index is 13.8. The molecule has 11 nitrogen and oxygen atoms in total. The Morgan fingerprint density at radius 3 is 2.24 bits per heavy atom. The zero-order valence-electron chi connectivity index (χ0n) is 20.0. The summed E-state index contributed by atoms with van der Waals surface area (Å²) in [7, 11) is -3.84. The quantitative estimate of drug-likeness (QED) is 0.244. The minimum atomic E-state index is -3.84. The van der Waals surface area contributed by atoms with E-state index in [4.69, 9.17) is 5.11 Å². The third kappa shape index (κ3) is 7.30. The first-order chi connectivity index (χ1) is 17.7. The number of hydrogen-bond donors (Lipinski definition) is 3. The fourth-order valence-electron chi connectivity index (χ4n) is 3.19. The van der Waals surface area contributed by atoms with E-state index in [-0.39, 0.29) is 23.9 Å². The van der Waals surface area contributed by atoms with Crippen molar-refractivity contribution in [2.45, 2.75) is 38.8 Å². The number of ether oxygens (including phenoxy) is 1. The van der Waals surface area contributed by atoms with Crippen LogP contribution in [0.5, 0.6) is 5.75 Å². The number of amides is 1. The van der Waals surface area contributed by atoms with E-state index in [0.29, 0.717) is 0 Å². The van der Waals surface area contributed by atoms with Crippen molar-refractivity contribution < 1.29 is 50.2 Å². The lowest BCUT2D eigenvalue weighted by molar-refractivity contribution is -0.140. The summed E-state index contributed by atoms with van der Waals surface area (Å²) in [5, 5.41) is 11.2. The van der Waals surface area contributed by atoms with Crippen molar-refractivity contribution in [2.75, 3.05) is 17.1 Å². The molecule has 2 aromatic rings. The molecule has 1 aromatic carbocycles. The molecule has 2 atom stereocenters. The van der Waals surface area contributed by atoms with E-state index in [1.165, 1.54) is 26.1 Å². The molecule has 0 aliphatic carbocycles. The second-order valence-corrected chi connectivity index (χ2v) is 9.79. The number of carbonyl (C=O) groups excluding carboxylic acids is 2. The fourth-order valence-corrected chi connectivity index (χ4v) is 3.83. The highest BCUT2D eigenvalue weighted by molar-refractivity contribution is 7.92. The number of ketones is 1. The van der Waals surface area contributed by atoms with Crippen LogP contribution >= 0.6 is 0 Å². The smallest absolute Gasteiger partial charge is 0.305 e. The van der Waals surface area contributed by atoms with Gasteiger partial charge in [0, 0.05) is 12.3 Å². The van der Waals surface area contributed by atoms with Crippen LogP contribution < -0.4 is 20.3 Å². The predicted octanol–water partition coefficient (Wildman–Crippen LogP) is 1.73. The summed E-state index contributed by atoms with van der Waals surface area (Å²) in [4.78, 5) is 49.5. The number of nitrogens with zero attached hydrogens (tertiary/aromatic N) is 1. The average Bonchev–Trinajstić information content (AvgIpc) is 2.84. The number of rotatable bonds is 13. The van der Waals surface area contributed by atoms with Gasteiger partial charge in [0.15, 0.2) is 23.2 Å². The molecule has 0 radical (unpaired) electrons. The predicted molar refractivity (Wildman–Crippen MR) is 124 cm³/mol. The molecule has 0 saturated carbocycles. The molecule has 0 aliphatic rings. The molecule has 0 fully saturated rings.